The number of H-pyrrole nitrogens is 1. The zero-order valence-electron chi connectivity index (χ0n) is 23.9. The van der Waals surface area contributed by atoms with Crippen molar-refractivity contribution < 1.29 is 14.7 Å². The molecule has 2 amide bonds. The second-order valence-electron chi connectivity index (χ2n) is 11.3. The third kappa shape index (κ3) is 6.04. The largest absolute Gasteiger partial charge is 0.395 e. The number of aliphatic hydroxyl groups excluding tert-OH is 1. The zero-order valence-corrected chi connectivity index (χ0v) is 26.3. The third-order valence-electron chi connectivity index (χ3n) is 8.48. The highest BCUT2D eigenvalue weighted by atomic mass is 35.5. The van der Waals surface area contributed by atoms with E-state index >= 15 is 0 Å². The highest BCUT2D eigenvalue weighted by molar-refractivity contribution is 8.01. The number of aromatic nitrogens is 1. The Morgan fingerprint density at radius 3 is 2.40 bits per heavy atom. The number of β-amino-alcohol motifs (C(OH)–C–C–N with tert-alkyl or cyclic N) is 1. The van der Waals surface area contributed by atoms with Crippen LogP contribution in [0.2, 0.25) is 10.0 Å². The number of fused-ring (bicyclic) bond motifs is 1. The fourth-order valence-corrected chi connectivity index (χ4v) is 8.05. The number of aromatic amines is 1. The van der Waals surface area contributed by atoms with E-state index in [4.69, 9.17) is 23.2 Å². The van der Waals surface area contributed by atoms with Crippen LogP contribution >= 0.6 is 35.0 Å². The first-order valence-corrected chi connectivity index (χ1v) is 16.0. The number of carbonyl (C=O) groups is 2. The van der Waals surface area contributed by atoms with Gasteiger partial charge in [0.15, 0.2) is 0 Å². The molecule has 2 saturated heterocycles. The molecule has 10 heteroatoms. The number of hydrogen-bond acceptors (Lipinski definition) is 5. The number of aliphatic hydroxyl groups is 1. The molecule has 4 aromatic rings. The van der Waals surface area contributed by atoms with Gasteiger partial charge in [-0.15, -0.1) is 11.8 Å². The Morgan fingerprint density at radius 2 is 1.70 bits per heavy atom. The molecule has 6 rings (SSSR count). The van der Waals surface area contributed by atoms with E-state index in [1.165, 1.54) is 11.8 Å². The van der Waals surface area contributed by atoms with Crippen molar-refractivity contribution in [2.45, 2.75) is 35.6 Å². The summed E-state index contributed by atoms with van der Waals surface area (Å²) < 4.78 is -1.12. The van der Waals surface area contributed by atoms with Gasteiger partial charge in [0.1, 0.15) is 4.75 Å². The average molecular weight is 638 g/mol. The number of piperazine rings is 1. The first-order valence-electron chi connectivity index (χ1n) is 14.5. The number of rotatable bonds is 8. The number of aryl methyl sites for hydroxylation is 1. The van der Waals surface area contributed by atoms with Gasteiger partial charge in [-0.1, -0.05) is 59.1 Å². The summed E-state index contributed by atoms with van der Waals surface area (Å²) in [5, 5.41) is 11.6. The van der Waals surface area contributed by atoms with Gasteiger partial charge < -0.3 is 19.9 Å². The fourth-order valence-electron chi connectivity index (χ4n) is 6.28. The lowest BCUT2D eigenvalue weighted by molar-refractivity contribution is -0.136. The number of carbonyl (C=O) groups excluding carboxylic acids is 2. The lowest BCUT2D eigenvalue weighted by Gasteiger charge is -2.42. The molecule has 1 aromatic heterocycles. The zero-order chi connectivity index (χ0) is 30.1. The van der Waals surface area contributed by atoms with Crippen LogP contribution in [-0.2, 0) is 16.1 Å². The Balaban J connectivity index is 1.48. The molecule has 2 aliphatic heterocycles. The lowest BCUT2D eigenvalue weighted by atomic mass is 9.90. The molecule has 2 atom stereocenters. The Kier molecular flexibility index (Phi) is 8.76. The number of nitrogens with zero attached hydrogens (tertiary/aromatic N) is 3. The van der Waals surface area contributed by atoms with Crippen LogP contribution < -0.4 is 0 Å². The van der Waals surface area contributed by atoms with Crippen molar-refractivity contribution in [3.05, 3.63) is 99.7 Å². The van der Waals surface area contributed by atoms with E-state index in [-0.39, 0.29) is 24.8 Å². The molecular weight excluding hydrogens is 603 g/mol. The highest BCUT2D eigenvalue weighted by Gasteiger charge is 2.59. The Labute approximate surface area is 265 Å². The SMILES string of the molecule is Cc1ccc(SC2(C(=O)N3CCN(CCO)CC3)CC(=O)N(Cc3ccc(Cl)cc3)C2c2c[nH]c3cc(Cl)ccc23)cc1. The Morgan fingerprint density at radius 1 is 1.00 bits per heavy atom. The van der Waals surface area contributed by atoms with Gasteiger partial charge >= 0.3 is 0 Å². The number of nitrogens with one attached hydrogen (secondary N) is 1. The molecule has 7 nitrogen and oxygen atoms in total. The van der Waals surface area contributed by atoms with Crippen LogP contribution in [0.5, 0.6) is 0 Å². The molecule has 2 unspecified atom stereocenters. The molecule has 0 bridgehead atoms. The summed E-state index contributed by atoms with van der Waals surface area (Å²) in [5.41, 5.74) is 3.81. The maximum absolute atomic E-state index is 15.0. The summed E-state index contributed by atoms with van der Waals surface area (Å²) in [7, 11) is 0. The molecule has 0 spiro atoms. The maximum Gasteiger partial charge on any atom is 0.242 e. The topological polar surface area (TPSA) is 79.9 Å². The third-order valence-corrected chi connectivity index (χ3v) is 10.4. The van der Waals surface area contributed by atoms with Crippen LogP contribution in [0, 0.1) is 6.92 Å². The minimum atomic E-state index is -1.12. The molecule has 0 aliphatic carbocycles. The number of amides is 2. The maximum atomic E-state index is 15.0. The van der Waals surface area contributed by atoms with Gasteiger partial charge in [0.25, 0.3) is 0 Å². The van der Waals surface area contributed by atoms with E-state index < -0.39 is 10.8 Å². The quantitative estimate of drug-likeness (QED) is 0.251. The number of thioether (sulfide) groups is 1. The van der Waals surface area contributed by atoms with Crippen LogP contribution in [0.3, 0.4) is 0 Å². The summed E-state index contributed by atoms with van der Waals surface area (Å²) in [5.74, 6) is -0.114. The summed E-state index contributed by atoms with van der Waals surface area (Å²) in [6.07, 6.45) is 2.00. The summed E-state index contributed by atoms with van der Waals surface area (Å²) >= 11 is 14.0. The van der Waals surface area contributed by atoms with Crippen LogP contribution in [0.4, 0.5) is 0 Å². The second kappa shape index (κ2) is 12.5. The molecule has 2 aliphatic rings. The van der Waals surface area contributed by atoms with Crippen molar-refractivity contribution >= 4 is 57.7 Å². The van der Waals surface area contributed by atoms with E-state index in [2.05, 4.69) is 9.88 Å². The van der Waals surface area contributed by atoms with E-state index in [1.54, 1.807) is 0 Å². The van der Waals surface area contributed by atoms with Crippen LogP contribution in [0.25, 0.3) is 10.9 Å². The number of hydrogen-bond donors (Lipinski definition) is 2. The van der Waals surface area contributed by atoms with Crippen molar-refractivity contribution in [1.29, 1.82) is 0 Å². The number of likely N-dealkylation sites (tertiary alicyclic amines) is 1. The molecule has 3 heterocycles. The van der Waals surface area contributed by atoms with Gasteiger partial charge in [-0.05, 0) is 48.9 Å². The monoisotopic (exact) mass is 636 g/mol. The molecule has 43 heavy (non-hydrogen) atoms. The Bertz CT molecular complexity index is 1620. The molecule has 0 radical (unpaired) electrons. The molecule has 2 fully saturated rings. The summed E-state index contributed by atoms with van der Waals surface area (Å²) in [6, 6.07) is 20.8. The summed E-state index contributed by atoms with van der Waals surface area (Å²) in [4.78, 5) is 39.4. The van der Waals surface area contributed by atoms with Crippen LogP contribution in [-0.4, -0.2) is 80.7 Å². The average Bonchev–Trinajstić information content (AvgIpc) is 3.53. The highest BCUT2D eigenvalue weighted by Crippen LogP contribution is 2.55. The minimum absolute atomic E-state index is 0.0398. The van der Waals surface area contributed by atoms with Gasteiger partial charge in [0.2, 0.25) is 11.8 Å². The molecule has 0 saturated carbocycles. The number of halogens is 2. The normalized spacial score (nSPS) is 21.2. The van der Waals surface area contributed by atoms with Crippen molar-refractivity contribution in [1.82, 2.24) is 19.7 Å². The molecular formula is C33H34Cl2N4O3S. The van der Waals surface area contributed by atoms with Gasteiger partial charge in [-0.3, -0.25) is 14.5 Å². The van der Waals surface area contributed by atoms with Crippen LogP contribution in [0.1, 0.15) is 29.2 Å². The van der Waals surface area contributed by atoms with Gasteiger partial charge in [-0.2, -0.15) is 0 Å². The predicted molar refractivity (Wildman–Crippen MR) is 173 cm³/mol. The fraction of sp³-hybridized carbons (Fsp3) is 0.333. The smallest absolute Gasteiger partial charge is 0.242 e. The molecule has 2 N–H and O–H groups in total. The van der Waals surface area contributed by atoms with Crippen LogP contribution in [0.15, 0.2) is 77.8 Å². The Hall–Kier alpha value is -3.01. The van der Waals surface area contributed by atoms with Crippen molar-refractivity contribution in [3.8, 4) is 0 Å². The molecule has 224 valence electrons. The summed E-state index contributed by atoms with van der Waals surface area (Å²) in [6.45, 7) is 5.48. The van der Waals surface area contributed by atoms with E-state index in [9.17, 15) is 14.7 Å². The minimum Gasteiger partial charge on any atom is -0.395 e. The van der Waals surface area contributed by atoms with Crippen molar-refractivity contribution in [2.24, 2.45) is 0 Å². The predicted octanol–water partition coefficient (Wildman–Crippen LogP) is 5.92. The van der Waals surface area contributed by atoms with E-state index in [1.807, 2.05) is 89.7 Å². The first-order chi connectivity index (χ1) is 20.8. The van der Waals surface area contributed by atoms with Gasteiger partial charge in [0, 0.05) is 76.9 Å². The lowest BCUT2D eigenvalue weighted by Crippen LogP contribution is -2.56. The number of benzene rings is 3. The standard InChI is InChI=1S/C33H34Cl2N4O3S/c1-22-2-9-26(10-3-22)43-33(32(42)38-14-12-37(13-15-38)16-17-40)19-30(41)39(21-23-4-6-24(34)7-5-23)31(33)28-20-36-29-18-25(35)8-11-27(28)29/h2-11,18,20,31,36,40H,12-17,19,21H2,1H3. The van der Waals surface area contributed by atoms with Gasteiger partial charge in [0.05, 0.1) is 19.1 Å². The second-order valence-corrected chi connectivity index (χ2v) is 13.6. The van der Waals surface area contributed by atoms with E-state index in [0.29, 0.717) is 49.3 Å². The van der Waals surface area contributed by atoms with Gasteiger partial charge in [-0.25, -0.2) is 0 Å². The van der Waals surface area contributed by atoms with E-state index in [0.717, 1.165) is 32.5 Å². The van der Waals surface area contributed by atoms with Crippen molar-refractivity contribution in [2.75, 3.05) is 39.3 Å². The molecule has 3 aromatic carbocycles. The first kappa shape index (κ1) is 30.0. The van der Waals surface area contributed by atoms with Crippen molar-refractivity contribution in [3.63, 3.8) is 0 Å².